The normalized spacial score (nSPS) is 15.5. The van der Waals surface area contributed by atoms with E-state index in [1.165, 1.54) is 36.1 Å². The second-order valence-electron chi connectivity index (χ2n) is 8.29. The Morgan fingerprint density at radius 2 is 1.78 bits per heavy atom. The lowest BCUT2D eigenvalue weighted by Gasteiger charge is -2.31. The van der Waals surface area contributed by atoms with Crippen molar-refractivity contribution >= 4 is 33.2 Å². The van der Waals surface area contributed by atoms with Gasteiger partial charge in [0.05, 0.1) is 23.0 Å². The van der Waals surface area contributed by atoms with E-state index in [2.05, 4.69) is 17.4 Å². The van der Waals surface area contributed by atoms with Crippen molar-refractivity contribution < 1.29 is 17.6 Å². The van der Waals surface area contributed by atoms with Crippen molar-refractivity contribution in [2.45, 2.75) is 64.5 Å². The molecule has 0 heterocycles. The highest BCUT2D eigenvalue weighted by molar-refractivity contribution is 7.92. The molecule has 0 aliphatic heterocycles. The van der Waals surface area contributed by atoms with Gasteiger partial charge < -0.3 is 5.32 Å². The van der Waals surface area contributed by atoms with Crippen LogP contribution in [0.2, 0.25) is 5.02 Å². The van der Waals surface area contributed by atoms with E-state index in [1.54, 1.807) is 6.92 Å². The molecule has 1 N–H and O–H groups in total. The molecule has 8 heteroatoms. The highest BCUT2D eigenvalue weighted by Crippen LogP contribution is 2.29. The van der Waals surface area contributed by atoms with Gasteiger partial charge in [0.15, 0.2) is 0 Å². The Hall–Kier alpha value is -2.12. The van der Waals surface area contributed by atoms with Gasteiger partial charge in [0, 0.05) is 0 Å². The van der Waals surface area contributed by atoms with Gasteiger partial charge in [0.2, 0.25) is 15.9 Å². The summed E-state index contributed by atoms with van der Waals surface area (Å²) < 4.78 is 39.9. The first-order chi connectivity index (χ1) is 15.2. The van der Waals surface area contributed by atoms with Crippen LogP contribution in [0.4, 0.5) is 10.1 Å². The number of anilines is 1. The van der Waals surface area contributed by atoms with Crippen LogP contribution in [0.5, 0.6) is 0 Å². The van der Waals surface area contributed by atoms with Gasteiger partial charge in [-0.25, -0.2) is 12.8 Å². The number of carbonyl (C=O) groups is 1. The van der Waals surface area contributed by atoms with Gasteiger partial charge in [-0.05, 0) is 73.4 Å². The molecule has 32 heavy (non-hydrogen) atoms. The van der Waals surface area contributed by atoms with Gasteiger partial charge in [-0.2, -0.15) is 0 Å². The summed E-state index contributed by atoms with van der Waals surface area (Å²) in [5, 5.41) is 2.84. The summed E-state index contributed by atoms with van der Waals surface area (Å²) in [6.07, 6.45) is 6.44. The molecule has 0 bridgehead atoms. The van der Waals surface area contributed by atoms with Crippen LogP contribution in [0.1, 0.15) is 62.3 Å². The molecular formula is C24H30ClFN2O3S. The van der Waals surface area contributed by atoms with Crippen molar-refractivity contribution in [2.24, 2.45) is 0 Å². The predicted octanol–water partition coefficient (Wildman–Crippen LogP) is 5.17. The number of sulfonamides is 1. The van der Waals surface area contributed by atoms with Gasteiger partial charge in [-0.15, -0.1) is 0 Å². The van der Waals surface area contributed by atoms with E-state index >= 15 is 0 Å². The van der Waals surface area contributed by atoms with Gasteiger partial charge in [0.1, 0.15) is 11.9 Å². The second-order valence-corrected chi connectivity index (χ2v) is 10.6. The number of aryl methyl sites for hydroxylation is 2. The largest absolute Gasteiger partial charge is 0.347 e. The fourth-order valence-corrected chi connectivity index (χ4v) is 5.72. The summed E-state index contributed by atoms with van der Waals surface area (Å²) in [5.41, 5.74) is 3.87. The van der Waals surface area contributed by atoms with Gasteiger partial charge in [0.25, 0.3) is 0 Å². The van der Waals surface area contributed by atoms with E-state index in [-0.39, 0.29) is 23.2 Å². The van der Waals surface area contributed by atoms with E-state index in [9.17, 15) is 17.6 Å². The van der Waals surface area contributed by atoms with Crippen molar-refractivity contribution in [3.8, 4) is 0 Å². The molecule has 0 fully saturated rings. The van der Waals surface area contributed by atoms with E-state index in [1.807, 2.05) is 13.0 Å². The minimum atomic E-state index is -3.83. The fraction of sp³-hybridized carbons (Fsp3) is 0.458. The Balaban J connectivity index is 1.89. The maximum Gasteiger partial charge on any atom is 0.244 e. The molecule has 0 saturated heterocycles. The summed E-state index contributed by atoms with van der Waals surface area (Å²) in [6, 6.07) is 8.78. The molecule has 0 spiro atoms. The fourth-order valence-electron chi connectivity index (χ4n) is 4.34. The average molecular weight is 481 g/mol. The Labute approximate surface area is 195 Å². The van der Waals surface area contributed by atoms with Gasteiger partial charge in [-0.1, -0.05) is 43.6 Å². The number of fused-ring (bicyclic) bond motifs is 1. The number of rotatable bonds is 8. The van der Waals surface area contributed by atoms with Crippen LogP contribution in [-0.4, -0.2) is 26.6 Å². The number of benzene rings is 2. The SMILES string of the molecule is CC[C@H](C(=O)N[C@H](CC)c1ccc2c(c1)CCCC2)N(c1ccc(F)c(Cl)c1)S(C)(=O)=O. The second kappa shape index (κ2) is 10.2. The highest BCUT2D eigenvalue weighted by atomic mass is 35.5. The number of hydrogen-bond acceptors (Lipinski definition) is 3. The molecular weight excluding hydrogens is 451 g/mol. The number of hydrogen-bond donors (Lipinski definition) is 1. The molecule has 174 valence electrons. The Morgan fingerprint density at radius 3 is 2.38 bits per heavy atom. The quantitative estimate of drug-likeness (QED) is 0.566. The van der Waals surface area contributed by atoms with Crippen LogP contribution < -0.4 is 9.62 Å². The van der Waals surface area contributed by atoms with E-state index in [0.717, 1.165) is 35.0 Å². The molecule has 1 aliphatic rings. The predicted molar refractivity (Wildman–Crippen MR) is 127 cm³/mol. The zero-order valence-electron chi connectivity index (χ0n) is 18.7. The van der Waals surface area contributed by atoms with Crippen LogP contribution in [0, 0.1) is 5.82 Å². The van der Waals surface area contributed by atoms with E-state index in [0.29, 0.717) is 6.42 Å². The molecule has 2 aromatic carbocycles. The molecule has 5 nitrogen and oxygen atoms in total. The molecule has 0 unspecified atom stereocenters. The zero-order valence-corrected chi connectivity index (χ0v) is 20.3. The van der Waals surface area contributed by atoms with Crippen LogP contribution in [0.3, 0.4) is 0 Å². The number of nitrogens with zero attached hydrogens (tertiary/aromatic N) is 1. The van der Waals surface area contributed by atoms with Crippen molar-refractivity contribution in [3.05, 3.63) is 63.9 Å². The molecule has 2 atom stereocenters. The van der Waals surface area contributed by atoms with Crippen molar-refractivity contribution in [1.29, 1.82) is 0 Å². The lowest BCUT2D eigenvalue weighted by molar-refractivity contribution is -0.123. The summed E-state index contributed by atoms with van der Waals surface area (Å²) in [4.78, 5) is 13.3. The molecule has 0 radical (unpaired) electrons. The molecule has 1 amide bonds. The Kier molecular flexibility index (Phi) is 7.83. The molecule has 3 rings (SSSR count). The number of amides is 1. The topological polar surface area (TPSA) is 66.5 Å². The monoisotopic (exact) mass is 480 g/mol. The van der Waals surface area contributed by atoms with Crippen LogP contribution in [0.15, 0.2) is 36.4 Å². The lowest BCUT2D eigenvalue weighted by atomic mass is 9.88. The Morgan fingerprint density at radius 1 is 1.09 bits per heavy atom. The minimum absolute atomic E-state index is 0.155. The third-order valence-electron chi connectivity index (χ3n) is 5.99. The molecule has 1 aliphatic carbocycles. The Bertz CT molecular complexity index is 1090. The van der Waals surface area contributed by atoms with E-state index in [4.69, 9.17) is 11.6 Å². The first-order valence-electron chi connectivity index (χ1n) is 11.0. The maximum atomic E-state index is 13.6. The molecule has 2 aromatic rings. The number of halogens is 2. The van der Waals surface area contributed by atoms with Gasteiger partial charge in [-0.3, -0.25) is 9.10 Å². The maximum absolute atomic E-state index is 13.6. The highest BCUT2D eigenvalue weighted by Gasteiger charge is 2.33. The minimum Gasteiger partial charge on any atom is -0.347 e. The van der Waals surface area contributed by atoms with Gasteiger partial charge >= 0.3 is 0 Å². The lowest BCUT2D eigenvalue weighted by Crippen LogP contribution is -2.50. The standard InChI is InChI=1S/C24H30ClFN2O3S/c1-4-22(18-11-10-16-8-6-7-9-17(16)14-18)27-24(29)23(5-2)28(32(3,30)31)19-12-13-21(26)20(25)15-19/h10-15,22-23H,4-9H2,1-3H3,(H,27,29)/t22-,23-/m1/s1. The van der Waals surface area contributed by atoms with Crippen molar-refractivity contribution in [2.75, 3.05) is 10.6 Å². The number of nitrogens with one attached hydrogen (secondary N) is 1. The van der Waals surface area contributed by atoms with E-state index < -0.39 is 27.8 Å². The summed E-state index contributed by atoms with van der Waals surface area (Å²) in [5.74, 6) is -1.05. The third kappa shape index (κ3) is 5.44. The summed E-state index contributed by atoms with van der Waals surface area (Å²) >= 11 is 5.88. The number of carbonyl (C=O) groups excluding carboxylic acids is 1. The average Bonchev–Trinajstić information content (AvgIpc) is 2.76. The van der Waals surface area contributed by atoms with Crippen molar-refractivity contribution in [3.63, 3.8) is 0 Å². The van der Waals surface area contributed by atoms with Crippen molar-refractivity contribution in [1.82, 2.24) is 5.32 Å². The summed E-state index contributed by atoms with van der Waals surface area (Å²) in [6.45, 7) is 3.73. The third-order valence-corrected chi connectivity index (χ3v) is 7.46. The molecule has 0 aromatic heterocycles. The van der Waals surface area contributed by atoms with Crippen LogP contribution in [-0.2, 0) is 27.7 Å². The van der Waals surface area contributed by atoms with Crippen LogP contribution in [0.25, 0.3) is 0 Å². The first-order valence-corrected chi connectivity index (χ1v) is 13.2. The zero-order chi connectivity index (χ0) is 23.5. The smallest absolute Gasteiger partial charge is 0.244 e. The van der Waals surface area contributed by atoms with Crippen LogP contribution >= 0.6 is 11.6 Å². The molecule has 0 saturated carbocycles. The first kappa shape index (κ1) is 24.5. The summed E-state index contributed by atoms with van der Waals surface area (Å²) in [7, 11) is -3.83.